The summed E-state index contributed by atoms with van der Waals surface area (Å²) in [4.78, 5) is 24.8. The molecule has 0 N–H and O–H groups in total. The number of aromatic nitrogens is 1. The van der Waals surface area contributed by atoms with E-state index in [2.05, 4.69) is 0 Å². The van der Waals surface area contributed by atoms with E-state index in [9.17, 15) is 9.59 Å². The minimum absolute atomic E-state index is 0.0608. The number of benzene rings is 1. The summed E-state index contributed by atoms with van der Waals surface area (Å²) in [5, 5.41) is 0.499. The first kappa shape index (κ1) is 15.6. The Morgan fingerprint density at radius 3 is 2.70 bits per heavy atom. The van der Waals surface area contributed by atoms with E-state index in [1.165, 1.54) is 7.11 Å². The van der Waals surface area contributed by atoms with Gasteiger partial charge in [-0.15, -0.1) is 0 Å². The second kappa shape index (κ2) is 6.42. The summed E-state index contributed by atoms with van der Waals surface area (Å²) in [6, 6.07) is 5.56. The fraction of sp³-hybridized carbons (Fsp3) is 0.412. The third-order valence-electron chi connectivity index (χ3n) is 3.92. The number of ether oxygens (including phenoxy) is 3. The summed E-state index contributed by atoms with van der Waals surface area (Å²) in [6.07, 6.45) is 3.68. The fourth-order valence-electron chi connectivity index (χ4n) is 2.55. The Morgan fingerprint density at radius 1 is 1.26 bits per heavy atom. The molecule has 0 spiro atoms. The number of hydrogen-bond acceptors (Lipinski definition) is 5. The van der Waals surface area contributed by atoms with E-state index in [0.717, 1.165) is 18.4 Å². The number of nitrogens with zero attached hydrogens (tertiary/aromatic N) is 1. The van der Waals surface area contributed by atoms with Crippen molar-refractivity contribution in [2.75, 3.05) is 27.4 Å². The molecule has 23 heavy (non-hydrogen) atoms. The van der Waals surface area contributed by atoms with Crippen LogP contribution in [0.25, 0.3) is 10.9 Å². The zero-order chi connectivity index (χ0) is 16.4. The van der Waals surface area contributed by atoms with Gasteiger partial charge in [-0.05, 0) is 25.0 Å². The molecule has 122 valence electrons. The van der Waals surface area contributed by atoms with Crippen molar-refractivity contribution in [3.8, 4) is 5.75 Å². The van der Waals surface area contributed by atoms with Gasteiger partial charge in [-0.2, -0.15) is 0 Å². The van der Waals surface area contributed by atoms with Crippen molar-refractivity contribution in [1.82, 2.24) is 4.57 Å². The summed E-state index contributed by atoms with van der Waals surface area (Å²) in [5.41, 5.74) is 0.526. The highest BCUT2D eigenvalue weighted by molar-refractivity contribution is 5.94. The second-order valence-corrected chi connectivity index (χ2v) is 5.52. The van der Waals surface area contributed by atoms with Crippen LogP contribution in [-0.2, 0) is 9.47 Å². The molecule has 1 fully saturated rings. The van der Waals surface area contributed by atoms with E-state index < -0.39 is 5.97 Å². The SMILES string of the molecule is COCCOC(=O)c1cn(C2CC2)c2cc(OC)ccc2c1=O. The zero-order valence-corrected chi connectivity index (χ0v) is 13.2. The molecule has 1 aromatic carbocycles. The number of rotatable bonds is 6. The summed E-state index contributed by atoms with van der Waals surface area (Å²) in [6.45, 7) is 0.423. The molecule has 0 saturated heterocycles. The van der Waals surface area contributed by atoms with Crippen molar-refractivity contribution in [3.63, 3.8) is 0 Å². The summed E-state index contributed by atoms with van der Waals surface area (Å²) >= 11 is 0. The molecule has 1 aliphatic carbocycles. The standard InChI is InChI=1S/C17H19NO5/c1-21-7-8-23-17(20)14-10-18(11-3-4-11)15-9-12(22-2)5-6-13(15)16(14)19/h5-6,9-11H,3-4,7-8H2,1-2H3. The monoisotopic (exact) mass is 317 g/mol. The highest BCUT2D eigenvalue weighted by Crippen LogP contribution is 2.37. The molecular weight excluding hydrogens is 298 g/mol. The number of fused-ring (bicyclic) bond motifs is 1. The first-order valence-electron chi connectivity index (χ1n) is 7.54. The van der Waals surface area contributed by atoms with Crippen LogP contribution in [0.3, 0.4) is 0 Å². The Balaban J connectivity index is 2.07. The normalized spacial score (nSPS) is 14.0. The molecule has 1 saturated carbocycles. The predicted octanol–water partition coefficient (Wildman–Crippen LogP) is 2.15. The van der Waals surface area contributed by atoms with Crippen LogP contribution in [0.2, 0.25) is 0 Å². The summed E-state index contributed by atoms with van der Waals surface area (Å²) in [5.74, 6) is 0.0703. The van der Waals surface area contributed by atoms with Crippen LogP contribution in [0.1, 0.15) is 29.2 Å². The van der Waals surface area contributed by atoms with E-state index in [4.69, 9.17) is 14.2 Å². The molecule has 0 bridgehead atoms. The van der Waals surface area contributed by atoms with E-state index in [-0.39, 0.29) is 17.6 Å². The first-order valence-corrected chi connectivity index (χ1v) is 7.54. The van der Waals surface area contributed by atoms with Gasteiger partial charge in [-0.3, -0.25) is 4.79 Å². The molecule has 1 heterocycles. The number of methoxy groups -OCH3 is 2. The van der Waals surface area contributed by atoms with Gasteiger partial charge in [0.1, 0.15) is 17.9 Å². The first-order chi connectivity index (χ1) is 11.2. The predicted molar refractivity (Wildman–Crippen MR) is 85.2 cm³/mol. The molecule has 0 aliphatic heterocycles. The maximum atomic E-state index is 12.6. The van der Waals surface area contributed by atoms with Gasteiger partial charge in [0.05, 0.1) is 19.2 Å². The van der Waals surface area contributed by atoms with Gasteiger partial charge < -0.3 is 18.8 Å². The van der Waals surface area contributed by atoms with Gasteiger partial charge in [0.25, 0.3) is 0 Å². The fourth-order valence-corrected chi connectivity index (χ4v) is 2.55. The van der Waals surface area contributed by atoms with Gasteiger partial charge in [-0.1, -0.05) is 0 Å². The highest BCUT2D eigenvalue weighted by atomic mass is 16.6. The third-order valence-corrected chi connectivity index (χ3v) is 3.92. The van der Waals surface area contributed by atoms with Crippen molar-refractivity contribution in [2.45, 2.75) is 18.9 Å². The van der Waals surface area contributed by atoms with Crippen molar-refractivity contribution >= 4 is 16.9 Å². The maximum Gasteiger partial charge on any atom is 0.343 e. The highest BCUT2D eigenvalue weighted by Gasteiger charge is 2.27. The van der Waals surface area contributed by atoms with Crippen LogP contribution in [-0.4, -0.2) is 38.0 Å². The topological polar surface area (TPSA) is 66.8 Å². The number of esters is 1. The van der Waals surface area contributed by atoms with Crippen LogP contribution in [0.15, 0.2) is 29.2 Å². The second-order valence-electron chi connectivity index (χ2n) is 5.52. The van der Waals surface area contributed by atoms with Gasteiger partial charge in [0.2, 0.25) is 5.43 Å². The molecule has 6 nitrogen and oxygen atoms in total. The number of carbonyl (C=O) groups is 1. The lowest BCUT2D eigenvalue weighted by Crippen LogP contribution is -2.21. The molecular formula is C17H19NO5. The van der Waals surface area contributed by atoms with Crippen LogP contribution >= 0.6 is 0 Å². The van der Waals surface area contributed by atoms with Gasteiger partial charge >= 0.3 is 5.97 Å². The Bertz CT molecular complexity index is 791. The quantitative estimate of drug-likeness (QED) is 0.603. The summed E-state index contributed by atoms with van der Waals surface area (Å²) < 4.78 is 17.2. The minimum atomic E-state index is -0.612. The molecule has 0 unspecified atom stereocenters. The Kier molecular flexibility index (Phi) is 4.34. The molecule has 1 aliphatic rings. The summed E-state index contributed by atoms with van der Waals surface area (Å²) in [7, 11) is 3.11. The van der Waals surface area contributed by atoms with Crippen LogP contribution in [0.4, 0.5) is 0 Å². The van der Waals surface area contributed by atoms with Crippen molar-refractivity contribution in [2.24, 2.45) is 0 Å². The van der Waals surface area contributed by atoms with Crippen molar-refractivity contribution in [1.29, 1.82) is 0 Å². The van der Waals surface area contributed by atoms with Crippen molar-refractivity contribution < 1.29 is 19.0 Å². The lowest BCUT2D eigenvalue weighted by atomic mass is 10.1. The molecule has 0 atom stereocenters. The average molecular weight is 317 g/mol. The van der Waals surface area contributed by atoms with Crippen LogP contribution in [0.5, 0.6) is 5.75 Å². The number of pyridine rings is 1. The zero-order valence-electron chi connectivity index (χ0n) is 13.2. The Labute approximate surface area is 133 Å². The largest absolute Gasteiger partial charge is 0.497 e. The molecule has 0 radical (unpaired) electrons. The van der Waals surface area contributed by atoms with E-state index in [1.54, 1.807) is 25.4 Å². The van der Waals surface area contributed by atoms with Gasteiger partial charge in [0, 0.05) is 30.8 Å². The van der Waals surface area contributed by atoms with E-state index in [1.807, 2.05) is 10.6 Å². The van der Waals surface area contributed by atoms with E-state index in [0.29, 0.717) is 23.8 Å². The minimum Gasteiger partial charge on any atom is -0.497 e. The molecule has 1 aromatic heterocycles. The Morgan fingerprint density at radius 2 is 2.04 bits per heavy atom. The third kappa shape index (κ3) is 3.07. The molecule has 2 aromatic rings. The molecule has 0 amide bonds. The molecule has 6 heteroatoms. The Hall–Kier alpha value is -2.34. The maximum absolute atomic E-state index is 12.6. The van der Waals surface area contributed by atoms with Gasteiger partial charge in [0.15, 0.2) is 0 Å². The smallest absolute Gasteiger partial charge is 0.343 e. The van der Waals surface area contributed by atoms with Gasteiger partial charge in [-0.25, -0.2) is 4.79 Å². The van der Waals surface area contributed by atoms with E-state index >= 15 is 0 Å². The molecule has 3 rings (SSSR count). The van der Waals surface area contributed by atoms with Crippen LogP contribution < -0.4 is 10.2 Å². The van der Waals surface area contributed by atoms with Crippen molar-refractivity contribution in [3.05, 3.63) is 40.2 Å². The van der Waals surface area contributed by atoms with Crippen LogP contribution in [0, 0.1) is 0 Å². The lowest BCUT2D eigenvalue weighted by Gasteiger charge is -2.13. The number of carbonyl (C=O) groups excluding carboxylic acids is 1. The lowest BCUT2D eigenvalue weighted by molar-refractivity contribution is 0.0386. The number of hydrogen-bond donors (Lipinski definition) is 0. The average Bonchev–Trinajstić information content (AvgIpc) is 3.39.